The van der Waals surface area contributed by atoms with Crippen LogP contribution in [0, 0.1) is 0 Å². The van der Waals surface area contributed by atoms with Crippen LogP contribution in [0.3, 0.4) is 0 Å². The number of likely N-dealkylation sites (N-methyl/N-ethyl adjacent to an activating group) is 1. The second-order valence-electron chi connectivity index (χ2n) is 6.20. The molecule has 0 radical (unpaired) electrons. The molecular formula is C18H19ClN3O3S2-. The molecule has 0 bridgehead atoms. The van der Waals surface area contributed by atoms with Crippen molar-refractivity contribution in [3.05, 3.63) is 34.5 Å². The Labute approximate surface area is 171 Å². The molecule has 27 heavy (non-hydrogen) atoms. The Morgan fingerprint density at radius 2 is 1.93 bits per heavy atom. The van der Waals surface area contributed by atoms with Gasteiger partial charge in [0.1, 0.15) is 13.2 Å². The number of ether oxygens (including phenoxy) is 2. The zero-order chi connectivity index (χ0) is 18.1. The summed E-state index contributed by atoms with van der Waals surface area (Å²) in [5.41, 5.74) is 0.822. The van der Waals surface area contributed by atoms with Crippen molar-refractivity contribution in [3.8, 4) is 11.5 Å². The first-order valence-electron chi connectivity index (χ1n) is 8.32. The minimum absolute atomic E-state index is 0. The molecule has 0 N–H and O–H groups in total. The lowest BCUT2D eigenvalue weighted by molar-refractivity contribution is -0.0000135. The van der Waals surface area contributed by atoms with Gasteiger partial charge in [-0.3, -0.25) is 9.69 Å². The van der Waals surface area contributed by atoms with Crippen molar-refractivity contribution in [2.75, 3.05) is 45.3 Å². The topological polar surface area (TPSA) is 54.9 Å². The first-order chi connectivity index (χ1) is 12.6. The molecule has 0 saturated carbocycles. The summed E-state index contributed by atoms with van der Waals surface area (Å²) in [6, 6.07) is 7.58. The van der Waals surface area contributed by atoms with E-state index in [0.717, 1.165) is 22.5 Å². The molecule has 2 aromatic heterocycles. The zero-order valence-corrected chi connectivity index (χ0v) is 17.4. The first kappa shape index (κ1) is 19.9. The number of carbonyl (C=O) groups is 1. The monoisotopic (exact) mass is 424 g/mol. The second-order valence-corrected chi connectivity index (χ2v) is 8.15. The number of rotatable bonds is 5. The van der Waals surface area contributed by atoms with Crippen molar-refractivity contribution < 1.29 is 26.7 Å². The Balaban J connectivity index is 0.00000210. The third-order valence-electron chi connectivity index (χ3n) is 4.02. The van der Waals surface area contributed by atoms with E-state index in [-0.39, 0.29) is 18.3 Å². The lowest BCUT2D eigenvalue weighted by atomic mass is 10.3. The molecule has 4 rings (SSSR count). The van der Waals surface area contributed by atoms with Gasteiger partial charge in [-0.05, 0) is 25.5 Å². The average molecular weight is 425 g/mol. The number of thiazole rings is 1. The molecule has 9 heteroatoms. The van der Waals surface area contributed by atoms with E-state index in [1.165, 1.54) is 22.7 Å². The fraction of sp³-hybridized carbons (Fsp3) is 0.333. The van der Waals surface area contributed by atoms with Crippen LogP contribution in [-0.4, -0.2) is 56.2 Å². The molecule has 0 unspecified atom stereocenters. The van der Waals surface area contributed by atoms with E-state index in [4.69, 9.17) is 14.5 Å². The van der Waals surface area contributed by atoms with Crippen LogP contribution in [0.2, 0.25) is 0 Å². The molecule has 0 saturated heterocycles. The van der Waals surface area contributed by atoms with Gasteiger partial charge in [0, 0.05) is 25.2 Å². The van der Waals surface area contributed by atoms with Gasteiger partial charge >= 0.3 is 0 Å². The molecule has 1 aromatic carbocycles. The fourth-order valence-electron chi connectivity index (χ4n) is 2.69. The van der Waals surface area contributed by atoms with E-state index in [9.17, 15) is 4.79 Å². The number of aromatic nitrogens is 1. The molecule has 0 fully saturated rings. The Bertz CT molecular complexity index is 884. The molecule has 144 valence electrons. The van der Waals surface area contributed by atoms with Crippen LogP contribution in [0.15, 0.2) is 29.6 Å². The van der Waals surface area contributed by atoms with Crippen LogP contribution in [0.1, 0.15) is 9.67 Å². The van der Waals surface area contributed by atoms with Crippen molar-refractivity contribution in [2.45, 2.75) is 0 Å². The van der Waals surface area contributed by atoms with Crippen molar-refractivity contribution in [1.82, 2.24) is 9.88 Å². The minimum atomic E-state index is -0.0156. The summed E-state index contributed by atoms with van der Waals surface area (Å²) in [5.74, 6) is 1.44. The van der Waals surface area contributed by atoms with Crippen LogP contribution in [0.25, 0.3) is 10.2 Å². The van der Waals surface area contributed by atoms with E-state index < -0.39 is 0 Å². The average Bonchev–Trinajstić information content (AvgIpc) is 3.29. The van der Waals surface area contributed by atoms with Crippen LogP contribution in [-0.2, 0) is 0 Å². The lowest BCUT2D eigenvalue weighted by Crippen LogP contribution is -3.00. The van der Waals surface area contributed by atoms with Gasteiger partial charge in [0.15, 0.2) is 16.6 Å². The molecule has 3 heterocycles. The van der Waals surface area contributed by atoms with Crippen molar-refractivity contribution >= 4 is 43.9 Å². The third-order valence-corrected chi connectivity index (χ3v) is 5.92. The van der Waals surface area contributed by atoms with E-state index in [0.29, 0.717) is 35.5 Å². The molecule has 1 aliphatic heterocycles. The molecule has 0 aliphatic carbocycles. The highest BCUT2D eigenvalue weighted by atomic mass is 35.5. The zero-order valence-electron chi connectivity index (χ0n) is 15.0. The Morgan fingerprint density at radius 1 is 1.19 bits per heavy atom. The highest BCUT2D eigenvalue weighted by Gasteiger charge is 2.23. The fourth-order valence-corrected chi connectivity index (χ4v) is 4.36. The molecule has 0 spiro atoms. The second kappa shape index (κ2) is 8.43. The highest BCUT2D eigenvalue weighted by molar-refractivity contribution is 7.22. The number of carbonyl (C=O) groups excluding carboxylic acids is 1. The van der Waals surface area contributed by atoms with E-state index >= 15 is 0 Å². The number of benzene rings is 1. The maximum Gasteiger partial charge on any atom is 0.270 e. The molecule has 1 aliphatic rings. The maximum atomic E-state index is 13.0. The van der Waals surface area contributed by atoms with Gasteiger partial charge in [-0.2, -0.15) is 0 Å². The molecule has 3 aromatic rings. The summed E-state index contributed by atoms with van der Waals surface area (Å²) in [4.78, 5) is 22.2. The van der Waals surface area contributed by atoms with Crippen LogP contribution >= 0.6 is 22.7 Å². The standard InChI is InChI=1S/C18H19N3O3S2.ClH/c1-20(2)5-6-21(17(22)15-4-3-9-25-15)18-19-12-10-13-14(11-16(12)26-18)24-8-7-23-13;/h3-4,9-11H,5-8H2,1-2H3;1H/p-1. The molecular weight excluding hydrogens is 406 g/mol. The Kier molecular flexibility index (Phi) is 6.21. The smallest absolute Gasteiger partial charge is 0.270 e. The lowest BCUT2D eigenvalue weighted by Gasteiger charge is -2.21. The van der Waals surface area contributed by atoms with E-state index in [1.54, 1.807) is 4.90 Å². The van der Waals surface area contributed by atoms with Gasteiger partial charge < -0.3 is 26.8 Å². The number of hydrogen-bond acceptors (Lipinski definition) is 7. The first-order valence-corrected chi connectivity index (χ1v) is 10.0. The van der Waals surface area contributed by atoms with E-state index in [2.05, 4.69) is 4.90 Å². The van der Waals surface area contributed by atoms with E-state index in [1.807, 2.05) is 43.7 Å². The van der Waals surface area contributed by atoms with Gasteiger partial charge in [0.2, 0.25) is 0 Å². The van der Waals surface area contributed by atoms with Gasteiger partial charge in [-0.1, -0.05) is 17.4 Å². The number of amides is 1. The van der Waals surface area contributed by atoms with Crippen molar-refractivity contribution in [1.29, 1.82) is 0 Å². The predicted molar refractivity (Wildman–Crippen MR) is 105 cm³/mol. The maximum absolute atomic E-state index is 13.0. The van der Waals surface area contributed by atoms with Crippen molar-refractivity contribution in [2.24, 2.45) is 0 Å². The number of nitrogens with zero attached hydrogens (tertiary/aromatic N) is 3. The molecule has 0 atom stereocenters. The quantitative estimate of drug-likeness (QED) is 0.591. The molecule has 1 amide bonds. The van der Waals surface area contributed by atoms with Crippen LogP contribution < -0.4 is 26.8 Å². The summed E-state index contributed by atoms with van der Waals surface area (Å²) in [6.45, 7) is 2.43. The number of thiophene rings is 1. The van der Waals surface area contributed by atoms with Gasteiger partial charge in [0.25, 0.3) is 5.91 Å². The Hall–Kier alpha value is -1.87. The molecule has 6 nitrogen and oxygen atoms in total. The summed E-state index contributed by atoms with van der Waals surface area (Å²) >= 11 is 2.95. The summed E-state index contributed by atoms with van der Waals surface area (Å²) in [5, 5.41) is 2.61. The van der Waals surface area contributed by atoms with Gasteiger partial charge in [-0.15, -0.1) is 11.3 Å². The number of fused-ring (bicyclic) bond motifs is 2. The van der Waals surface area contributed by atoms with Crippen LogP contribution in [0.5, 0.6) is 11.5 Å². The van der Waals surface area contributed by atoms with Gasteiger partial charge in [-0.25, -0.2) is 4.98 Å². The van der Waals surface area contributed by atoms with Gasteiger partial charge in [0.05, 0.1) is 15.1 Å². The largest absolute Gasteiger partial charge is 1.00 e. The summed E-state index contributed by atoms with van der Waals surface area (Å²) < 4.78 is 12.3. The summed E-state index contributed by atoms with van der Waals surface area (Å²) in [6.07, 6.45) is 0. The van der Waals surface area contributed by atoms with Crippen LogP contribution in [0.4, 0.5) is 5.13 Å². The normalized spacial score (nSPS) is 12.9. The van der Waals surface area contributed by atoms with Crippen molar-refractivity contribution in [3.63, 3.8) is 0 Å². The SMILES string of the molecule is CN(C)CCN(C(=O)c1cccs1)c1nc2cc3c(cc2s1)OCCO3.[Cl-]. The summed E-state index contributed by atoms with van der Waals surface area (Å²) in [7, 11) is 3.99. The number of halogens is 1. The predicted octanol–water partition coefficient (Wildman–Crippen LogP) is 0.341. The third kappa shape index (κ3) is 4.19. The minimum Gasteiger partial charge on any atom is -1.00 e. The number of anilines is 1. The number of hydrogen-bond donors (Lipinski definition) is 0. The highest BCUT2D eigenvalue weighted by Crippen LogP contribution is 2.39. The Morgan fingerprint density at radius 3 is 2.59 bits per heavy atom.